The quantitative estimate of drug-likeness (QED) is 0.731. The van der Waals surface area contributed by atoms with Crippen molar-refractivity contribution in [2.75, 3.05) is 6.54 Å². The SMILES string of the molecule is Cc1ccccc1Cn1cc(CNC[C@@H](C)O)c2ccccc21. The average Bonchev–Trinajstić information content (AvgIpc) is 2.88. The summed E-state index contributed by atoms with van der Waals surface area (Å²) in [6.45, 7) is 6.22. The molecule has 0 saturated carbocycles. The van der Waals surface area contributed by atoms with Gasteiger partial charge in [0.2, 0.25) is 0 Å². The highest BCUT2D eigenvalue weighted by atomic mass is 16.3. The zero-order valence-electron chi connectivity index (χ0n) is 13.8. The van der Waals surface area contributed by atoms with Gasteiger partial charge in [0.05, 0.1) is 6.10 Å². The molecule has 0 unspecified atom stereocenters. The summed E-state index contributed by atoms with van der Waals surface area (Å²) < 4.78 is 2.32. The van der Waals surface area contributed by atoms with Crippen LogP contribution in [0.25, 0.3) is 10.9 Å². The third kappa shape index (κ3) is 3.63. The van der Waals surface area contributed by atoms with Crippen molar-refractivity contribution in [3.8, 4) is 0 Å². The second-order valence-corrected chi connectivity index (χ2v) is 6.21. The smallest absolute Gasteiger partial charge is 0.0636 e. The van der Waals surface area contributed by atoms with Crippen LogP contribution in [-0.2, 0) is 13.1 Å². The summed E-state index contributed by atoms with van der Waals surface area (Å²) in [7, 11) is 0. The first kappa shape index (κ1) is 15.8. The van der Waals surface area contributed by atoms with Gasteiger partial charge >= 0.3 is 0 Å². The van der Waals surface area contributed by atoms with Crippen molar-refractivity contribution in [1.29, 1.82) is 0 Å². The molecule has 0 saturated heterocycles. The molecule has 0 spiro atoms. The summed E-state index contributed by atoms with van der Waals surface area (Å²) in [6, 6.07) is 17.0. The van der Waals surface area contributed by atoms with Gasteiger partial charge in [0.1, 0.15) is 0 Å². The Bertz CT molecular complexity index is 789. The molecule has 0 radical (unpaired) electrons. The van der Waals surface area contributed by atoms with Gasteiger partial charge in [-0.3, -0.25) is 0 Å². The lowest BCUT2D eigenvalue weighted by Gasteiger charge is -2.08. The minimum absolute atomic E-state index is 0.324. The molecule has 3 heteroatoms. The van der Waals surface area contributed by atoms with Crippen molar-refractivity contribution >= 4 is 10.9 Å². The van der Waals surface area contributed by atoms with Crippen LogP contribution < -0.4 is 5.32 Å². The van der Waals surface area contributed by atoms with E-state index in [1.165, 1.54) is 27.6 Å². The Balaban J connectivity index is 1.90. The van der Waals surface area contributed by atoms with E-state index in [0.29, 0.717) is 6.54 Å². The summed E-state index contributed by atoms with van der Waals surface area (Å²) in [5.41, 5.74) is 5.19. The predicted octanol–water partition coefficient (Wildman–Crippen LogP) is 3.47. The molecule has 0 amide bonds. The fraction of sp³-hybridized carbons (Fsp3) is 0.300. The van der Waals surface area contributed by atoms with E-state index in [9.17, 15) is 5.11 Å². The minimum atomic E-state index is -0.324. The number of nitrogens with zero attached hydrogens (tertiary/aromatic N) is 1. The average molecular weight is 308 g/mol. The van der Waals surface area contributed by atoms with Crippen LogP contribution in [0.3, 0.4) is 0 Å². The number of aromatic nitrogens is 1. The Labute approximate surface area is 137 Å². The monoisotopic (exact) mass is 308 g/mol. The van der Waals surface area contributed by atoms with Crippen molar-refractivity contribution in [1.82, 2.24) is 9.88 Å². The summed E-state index contributed by atoms with van der Waals surface area (Å²) in [5.74, 6) is 0. The second-order valence-electron chi connectivity index (χ2n) is 6.21. The molecule has 3 aromatic rings. The van der Waals surface area contributed by atoms with E-state index >= 15 is 0 Å². The Morgan fingerprint density at radius 3 is 2.57 bits per heavy atom. The molecule has 2 N–H and O–H groups in total. The lowest BCUT2D eigenvalue weighted by atomic mass is 10.1. The van der Waals surface area contributed by atoms with E-state index in [2.05, 4.69) is 71.5 Å². The van der Waals surface area contributed by atoms with Crippen LogP contribution in [0.15, 0.2) is 54.7 Å². The van der Waals surface area contributed by atoms with Crippen LogP contribution >= 0.6 is 0 Å². The van der Waals surface area contributed by atoms with Gasteiger partial charge in [-0.05, 0) is 36.6 Å². The van der Waals surface area contributed by atoms with Gasteiger partial charge in [-0.2, -0.15) is 0 Å². The molecule has 23 heavy (non-hydrogen) atoms. The molecule has 1 heterocycles. The molecule has 3 nitrogen and oxygen atoms in total. The van der Waals surface area contributed by atoms with Crippen LogP contribution in [0.1, 0.15) is 23.6 Å². The maximum Gasteiger partial charge on any atom is 0.0636 e. The van der Waals surface area contributed by atoms with Gasteiger partial charge in [0.25, 0.3) is 0 Å². The number of hydrogen-bond acceptors (Lipinski definition) is 2. The third-order valence-corrected chi connectivity index (χ3v) is 4.23. The van der Waals surface area contributed by atoms with Gasteiger partial charge in [-0.1, -0.05) is 42.5 Å². The first-order valence-electron chi connectivity index (χ1n) is 8.15. The normalized spacial score (nSPS) is 12.7. The zero-order chi connectivity index (χ0) is 16.2. The first-order chi connectivity index (χ1) is 11.1. The molecule has 0 fully saturated rings. The number of para-hydroxylation sites is 1. The first-order valence-corrected chi connectivity index (χ1v) is 8.15. The van der Waals surface area contributed by atoms with Crippen LogP contribution in [0.2, 0.25) is 0 Å². The van der Waals surface area contributed by atoms with E-state index in [4.69, 9.17) is 0 Å². The zero-order valence-corrected chi connectivity index (χ0v) is 13.8. The Morgan fingerprint density at radius 2 is 1.78 bits per heavy atom. The summed E-state index contributed by atoms with van der Waals surface area (Å²) in [6.07, 6.45) is 1.90. The van der Waals surface area contributed by atoms with Crippen LogP contribution in [0, 0.1) is 6.92 Å². The van der Waals surface area contributed by atoms with Crippen LogP contribution in [-0.4, -0.2) is 22.3 Å². The number of aryl methyl sites for hydroxylation is 1. The molecule has 3 rings (SSSR count). The van der Waals surface area contributed by atoms with Crippen molar-refractivity contribution in [2.24, 2.45) is 0 Å². The summed E-state index contributed by atoms with van der Waals surface area (Å²) in [4.78, 5) is 0. The molecule has 1 aromatic heterocycles. The lowest BCUT2D eigenvalue weighted by molar-refractivity contribution is 0.191. The van der Waals surface area contributed by atoms with Gasteiger partial charge in [-0.15, -0.1) is 0 Å². The molecular formula is C20H24N2O. The standard InChI is InChI=1S/C20H24N2O/c1-15-7-3-4-8-17(15)13-22-14-18(12-21-11-16(2)23)19-9-5-6-10-20(19)22/h3-10,14,16,21,23H,11-13H2,1-2H3/t16-/m1/s1. The van der Waals surface area contributed by atoms with Crippen molar-refractivity contribution < 1.29 is 5.11 Å². The van der Waals surface area contributed by atoms with Crippen molar-refractivity contribution in [3.63, 3.8) is 0 Å². The Morgan fingerprint density at radius 1 is 1.04 bits per heavy atom. The fourth-order valence-electron chi connectivity index (χ4n) is 2.98. The van der Waals surface area contributed by atoms with Crippen molar-refractivity contribution in [2.45, 2.75) is 33.0 Å². The summed E-state index contributed by atoms with van der Waals surface area (Å²) in [5, 5.41) is 14.0. The molecule has 1 atom stereocenters. The molecule has 2 aromatic carbocycles. The van der Waals surface area contributed by atoms with Gasteiger partial charge in [0, 0.05) is 36.7 Å². The molecule has 0 aliphatic carbocycles. The van der Waals surface area contributed by atoms with Gasteiger partial charge in [-0.25, -0.2) is 0 Å². The second kappa shape index (κ2) is 6.99. The predicted molar refractivity (Wildman–Crippen MR) is 95.6 cm³/mol. The topological polar surface area (TPSA) is 37.2 Å². The lowest BCUT2D eigenvalue weighted by Crippen LogP contribution is -2.23. The fourth-order valence-corrected chi connectivity index (χ4v) is 2.98. The maximum absolute atomic E-state index is 9.41. The molecule has 120 valence electrons. The highest BCUT2D eigenvalue weighted by molar-refractivity contribution is 5.84. The van der Waals surface area contributed by atoms with Gasteiger partial charge < -0.3 is 15.0 Å². The summed E-state index contributed by atoms with van der Waals surface area (Å²) >= 11 is 0. The number of nitrogens with one attached hydrogen (secondary N) is 1. The van der Waals surface area contributed by atoms with Crippen molar-refractivity contribution in [3.05, 3.63) is 71.4 Å². The van der Waals surface area contributed by atoms with E-state index in [0.717, 1.165) is 13.1 Å². The number of aliphatic hydroxyl groups excluding tert-OH is 1. The highest BCUT2D eigenvalue weighted by Gasteiger charge is 2.09. The van der Waals surface area contributed by atoms with Gasteiger partial charge in [0.15, 0.2) is 0 Å². The largest absolute Gasteiger partial charge is 0.392 e. The number of rotatable bonds is 6. The number of hydrogen-bond donors (Lipinski definition) is 2. The Kier molecular flexibility index (Phi) is 4.79. The molecule has 0 aliphatic rings. The van der Waals surface area contributed by atoms with E-state index in [1.54, 1.807) is 6.92 Å². The number of aliphatic hydroxyl groups is 1. The highest BCUT2D eigenvalue weighted by Crippen LogP contribution is 2.23. The Hall–Kier alpha value is -2.10. The maximum atomic E-state index is 9.41. The third-order valence-electron chi connectivity index (χ3n) is 4.23. The van der Waals surface area contributed by atoms with E-state index < -0.39 is 0 Å². The van der Waals surface area contributed by atoms with E-state index in [-0.39, 0.29) is 6.10 Å². The number of benzene rings is 2. The van der Waals surface area contributed by atoms with E-state index in [1.807, 2.05) is 0 Å². The molecule has 0 aliphatic heterocycles. The van der Waals surface area contributed by atoms with Crippen LogP contribution in [0.5, 0.6) is 0 Å². The molecule has 0 bridgehead atoms. The number of fused-ring (bicyclic) bond motifs is 1. The minimum Gasteiger partial charge on any atom is -0.392 e. The van der Waals surface area contributed by atoms with Crippen LogP contribution in [0.4, 0.5) is 0 Å². The molecular weight excluding hydrogens is 284 g/mol.